The average Bonchev–Trinajstić information content (AvgIpc) is 3.26. The minimum absolute atomic E-state index is 0.0758. The number of carbonyl (C=O) groups is 1. The molecule has 1 aliphatic rings. The molecule has 1 rings (SSSR count). The molecule has 1 fully saturated rings. The van der Waals surface area contributed by atoms with Crippen LogP contribution in [0.5, 0.6) is 0 Å². The summed E-state index contributed by atoms with van der Waals surface area (Å²) in [6.07, 6.45) is 16.5. The highest BCUT2D eigenvalue weighted by atomic mass is 16.6. The third kappa shape index (κ3) is 12.1. The minimum Gasteiger partial charge on any atom is -0.481 e. The molecule has 0 bridgehead atoms. The standard InChI is InChI=1S/C20H34O3/c1-2-3-4-5-6-7-8-9-10-11-12-13-15-18-19(23-18)16-14-17-20(21)22/h18-19H,2-12,14,16-17H2,1H3,(H,21,22). The molecule has 3 heteroatoms. The average molecular weight is 322 g/mol. The first-order chi connectivity index (χ1) is 11.2. The predicted octanol–water partition coefficient (Wildman–Crippen LogP) is 5.32. The molecular weight excluding hydrogens is 288 g/mol. The van der Waals surface area contributed by atoms with Gasteiger partial charge in [-0.15, -0.1) is 5.92 Å². The lowest BCUT2D eigenvalue weighted by Gasteiger charge is -2.00. The van der Waals surface area contributed by atoms with Crippen LogP contribution in [0.3, 0.4) is 0 Å². The van der Waals surface area contributed by atoms with Crippen molar-refractivity contribution in [1.29, 1.82) is 0 Å². The summed E-state index contributed by atoms with van der Waals surface area (Å²) in [4.78, 5) is 10.4. The molecule has 3 nitrogen and oxygen atoms in total. The summed E-state index contributed by atoms with van der Waals surface area (Å²) in [5.41, 5.74) is 0. The van der Waals surface area contributed by atoms with Crippen molar-refractivity contribution in [3.63, 3.8) is 0 Å². The fourth-order valence-corrected chi connectivity index (χ4v) is 2.82. The van der Waals surface area contributed by atoms with E-state index in [9.17, 15) is 4.79 Å². The lowest BCUT2D eigenvalue weighted by atomic mass is 10.1. The van der Waals surface area contributed by atoms with E-state index in [0.29, 0.717) is 6.42 Å². The van der Waals surface area contributed by atoms with Gasteiger partial charge in [-0.25, -0.2) is 0 Å². The first-order valence-electron chi connectivity index (χ1n) is 9.59. The molecule has 0 amide bonds. The normalized spacial score (nSPS) is 19.2. The van der Waals surface area contributed by atoms with Crippen LogP contribution < -0.4 is 0 Å². The number of hydrogen-bond acceptors (Lipinski definition) is 2. The zero-order chi connectivity index (χ0) is 16.8. The monoisotopic (exact) mass is 322 g/mol. The van der Waals surface area contributed by atoms with Crippen LogP contribution in [0, 0.1) is 11.8 Å². The van der Waals surface area contributed by atoms with E-state index in [4.69, 9.17) is 9.84 Å². The Bertz CT molecular complexity index is 367. The van der Waals surface area contributed by atoms with Crippen molar-refractivity contribution in [2.75, 3.05) is 0 Å². The van der Waals surface area contributed by atoms with Crippen molar-refractivity contribution >= 4 is 5.97 Å². The summed E-state index contributed by atoms with van der Waals surface area (Å²) < 4.78 is 5.43. The van der Waals surface area contributed by atoms with Crippen LogP contribution in [-0.2, 0) is 9.53 Å². The van der Waals surface area contributed by atoms with Gasteiger partial charge in [0.1, 0.15) is 6.10 Å². The third-order valence-electron chi connectivity index (χ3n) is 4.36. The van der Waals surface area contributed by atoms with E-state index in [0.717, 1.165) is 12.8 Å². The fourth-order valence-electron chi connectivity index (χ4n) is 2.82. The van der Waals surface area contributed by atoms with Crippen LogP contribution in [0.15, 0.2) is 0 Å². The van der Waals surface area contributed by atoms with Crippen LogP contribution in [0.1, 0.15) is 96.8 Å². The molecule has 0 spiro atoms. The maximum absolute atomic E-state index is 10.4. The quantitative estimate of drug-likeness (QED) is 0.267. The molecule has 0 radical (unpaired) electrons. The number of hydrogen-bond donors (Lipinski definition) is 1. The number of carboxylic acids is 1. The van der Waals surface area contributed by atoms with Gasteiger partial charge in [-0.2, -0.15) is 0 Å². The first-order valence-corrected chi connectivity index (χ1v) is 9.59. The van der Waals surface area contributed by atoms with Gasteiger partial charge in [0.2, 0.25) is 0 Å². The smallest absolute Gasteiger partial charge is 0.303 e. The highest BCUT2D eigenvalue weighted by Crippen LogP contribution is 2.26. The van der Waals surface area contributed by atoms with Crippen LogP contribution in [-0.4, -0.2) is 23.3 Å². The van der Waals surface area contributed by atoms with E-state index in [-0.39, 0.29) is 18.6 Å². The van der Waals surface area contributed by atoms with Crippen molar-refractivity contribution in [2.45, 2.75) is 109 Å². The number of rotatable bonds is 14. The van der Waals surface area contributed by atoms with Gasteiger partial charge in [0.15, 0.2) is 0 Å². The molecule has 1 heterocycles. The molecule has 1 N–H and O–H groups in total. The Morgan fingerprint density at radius 1 is 0.957 bits per heavy atom. The molecule has 132 valence electrons. The van der Waals surface area contributed by atoms with Crippen molar-refractivity contribution in [2.24, 2.45) is 0 Å². The lowest BCUT2D eigenvalue weighted by Crippen LogP contribution is -1.97. The molecule has 2 unspecified atom stereocenters. The van der Waals surface area contributed by atoms with E-state index in [1.165, 1.54) is 64.2 Å². The topological polar surface area (TPSA) is 49.8 Å². The summed E-state index contributed by atoms with van der Waals surface area (Å²) in [6.45, 7) is 2.26. The maximum atomic E-state index is 10.4. The van der Waals surface area contributed by atoms with Gasteiger partial charge in [-0.05, 0) is 19.3 Å². The second-order valence-electron chi connectivity index (χ2n) is 6.63. The largest absolute Gasteiger partial charge is 0.481 e. The van der Waals surface area contributed by atoms with Crippen LogP contribution in [0.4, 0.5) is 0 Å². The lowest BCUT2D eigenvalue weighted by molar-refractivity contribution is -0.137. The van der Waals surface area contributed by atoms with Crippen molar-refractivity contribution in [1.82, 2.24) is 0 Å². The van der Waals surface area contributed by atoms with E-state index < -0.39 is 5.97 Å². The SMILES string of the molecule is CCCCCCCCCCCCC#CC1OC1CCCC(=O)O. The summed E-state index contributed by atoms with van der Waals surface area (Å²) in [5, 5.41) is 8.57. The van der Waals surface area contributed by atoms with E-state index in [2.05, 4.69) is 18.8 Å². The molecule has 23 heavy (non-hydrogen) atoms. The Morgan fingerprint density at radius 2 is 1.57 bits per heavy atom. The van der Waals surface area contributed by atoms with Gasteiger partial charge in [-0.3, -0.25) is 4.79 Å². The molecule has 0 aromatic rings. The molecule has 0 aromatic carbocycles. The fraction of sp³-hybridized carbons (Fsp3) is 0.850. The zero-order valence-corrected chi connectivity index (χ0v) is 14.8. The number of unbranched alkanes of at least 4 members (excludes halogenated alkanes) is 10. The summed E-state index contributed by atoms with van der Waals surface area (Å²) >= 11 is 0. The van der Waals surface area contributed by atoms with Crippen molar-refractivity contribution < 1.29 is 14.6 Å². The highest BCUT2D eigenvalue weighted by Gasteiger charge is 2.36. The first kappa shape index (κ1) is 20.0. The van der Waals surface area contributed by atoms with Crippen molar-refractivity contribution in [3.05, 3.63) is 0 Å². The number of aliphatic carboxylic acids is 1. The van der Waals surface area contributed by atoms with E-state index in [1.54, 1.807) is 0 Å². The second-order valence-corrected chi connectivity index (χ2v) is 6.63. The Hall–Kier alpha value is -1.01. The summed E-state index contributed by atoms with van der Waals surface area (Å²) in [7, 11) is 0. The third-order valence-corrected chi connectivity index (χ3v) is 4.36. The summed E-state index contributed by atoms with van der Waals surface area (Å²) in [5.74, 6) is 5.64. The van der Waals surface area contributed by atoms with Gasteiger partial charge in [0, 0.05) is 12.8 Å². The maximum Gasteiger partial charge on any atom is 0.303 e. The van der Waals surface area contributed by atoms with Gasteiger partial charge in [0.25, 0.3) is 0 Å². The molecule has 0 saturated carbocycles. The van der Waals surface area contributed by atoms with Gasteiger partial charge >= 0.3 is 5.97 Å². The molecule has 0 aliphatic carbocycles. The Balaban J connectivity index is 1.81. The van der Waals surface area contributed by atoms with Crippen LogP contribution in [0.2, 0.25) is 0 Å². The van der Waals surface area contributed by atoms with Gasteiger partial charge in [0.05, 0.1) is 6.10 Å². The van der Waals surface area contributed by atoms with Crippen LogP contribution in [0.25, 0.3) is 0 Å². The van der Waals surface area contributed by atoms with Gasteiger partial charge < -0.3 is 9.84 Å². The minimum atomic E-state index is -0.728. The zero-order valence-electron chi connectivity index (χ0n) is 14.8. The Labute approximate surface area is 142 Å². The summed E-state index contributed by atoms with van der Waals surface area (Å²) in [6, 6.07) is 0. The molecular formula is C20H34O3. The van der Waals surface area contributed by atoms with Gasteiger partial charge in [-0.1, -0.05) is 70.6 Å². The van der Waals surface area contributed by atoms with E-state index >= 15 is 0 Å². The van der Waals surface area contributed by atoms with Crippen molar-refractivity contribution in [3.8, 4) is 11.8 Å². The number of carboxylic acid groups (broad SMARTS) is 1. The second kappa shape index (κ2) is 13.4. The number of epoxide rings is 1. The Morgan fingerprint density at radius 3 is 2.17 bits per heavy atom. The molecule has 1 saturated heterocycles. The molecule has 2 atom stereocenters. The van der Waals surface area contributed by atoms with Crippen LogP contribution >= 0.6 is 0 Å². The highest BCUT2D eigenvalue weighted by molar-refractivity contribution is 5.66. The predicted molar refractivity (Wildman–Crippen MR) is 94.4 cm³/mol. The Kier molecular flexibility index (Phi) is 11.7. The van der Waals surface area contributed by atoms with E-state index in [1.807, 2.05) is 0 Å². The number of ether oxygens (including phenoxy) is 1. The molecule has 0 aromatic heterocycles. The molecule has 1 aliphatic heterocycles.